The molecule has 0 aliphatic heterocycles. The third-order valence-corrected chi connectivity index (χ3v) is 1.78. The van der Waals surface area contributed by atoms with E-state index in [1.165, 1.54) is 12.5 Å². The van der Waals surface area contributed by atoms with Crippen molar-refractivity contribution in [3.05, 3.63) is 23.8 Å². The quantitative estimate of drug-likeness (QED) is 0.683. The lowest BCUT2D eigenvalue weighted by molar-refractivity contribution is 0.0524. The minimum Gasteiger partial charge on any atom is -0.462 e. The number of ether oxygens (including phenoxy) is 1. The van der Waals surface area contributed by atoms with Crippen LogP contribution in [0.3, 0.4) is 0 Å². The minimum absolute atomic E-state index is 0.337. The Morgan fingerprint density at radius 2 is 2.29 bits per heavy atom. The van der Waals surface area contributed by atoms with Crippen molar-refractivity contribution in [2.75, 3.05) is 6.61 Å². The van der Waals surface area contributed by atoms with Crippen LogP contribution in [0.1, 0.15) is 36.3 Å². The fraction of sp³-hybridized carbons (Fsp3) is 0.500. The highest BCUT2D eigenvalue weighted by Gasteiger charge is 2.12. The number of hydrogen-bond acceptors (Lipinski definition) is 4. The van der Waals surface area contributed by atoms with Gasteiger partial charge in [0.25, 0.3) is 0 Å². The summed E-state index contributed by atoms with van der Waals surface area (Å²) in [4.78, 5) is 19.3. The summed E-state index contributed by atoms with van der Waals surface area (Å²) < 4.78 is 4.90. The molecule has 0 N–H and O–H groups in total. The van der Waals surface area contributed by atoms with Crippen molar-refractivity contribution >= 4 is 5.97 Å². The normalized spacial score (nSPS) is 9.86. The Balaban J connectivity index is 2.88. The highest BCUT2D eigenvalue weighted by atomic mass is 16.5. The molecule has 0 radical (unpaired) electrons. The van der Waals surface area contributed by atoms with Gasteiger partial charge < -0.3 is 4.74 Å². The predicted molar refractivity (Wildman–Crippen MR) is 52.0 cm³/mol. The largest absolute Gasteiger partial charge is 0.462 e. The van der Waals surface area contributed by atoms with Gasteiger partial charge in [0.1, 0.15) is 6.33 Å². The lowest BCUT2D eigenvalue weighted by Gasteiger charge is -2.05. The van der Waals surface area contributed by atoms with Crippen LogP contribution in [0.4, 0.5) is 0 Å². The maximum absolute atomic E-state index is 11.4. The predicted octanol–water partition coefficient (Wildman–Crippen LogP) is 1.61. The summed E-state index contributed by atoms with van der Waals surface area (Å²) in [6.07, 6.45) is 4.68. The molecule has 76 valence electrons. The molecule has 1 aromatic rings. The zero-order chi connectivity index (χ0) is 10.4. The zero-order valence-electron chi connectivity index (χ0n) is 8.49. The highest BCUT2D eigenvalue weighted by molar-refractivity contribution is 5.90. The number of esters is 1. The van der Waals surface area contributed by atoms with Gasteiger partial charge >= 0.3 is 5.97 Å². The van der Waals surface area contributed by atoms with Crippen LogP contribution in [0.25, 0.3) is 0 Å². The molecule has 14 heavy (non-hydrogen) atoms. The lowest BCUT2D eigenvalue weighted by atomic mass is 10.1. The molecule has 0 aromatic carbocycles. The summed E-state index contributed by atoms with van der Waals surface area (Å²) in [7, 11) is 0. The molecule has 4 heteroatoms. The van der Waals surface area contributed by atoms with Crippen LogP contribution < -0.4 is 0 Å². The van der Waals surface area contributed by atoms with Crippen LogP contribution in [-0.2, 0) is 11.2 Å². The molecule has 0 aliphatic carbocycles. The molecule has 1 aromatic heterocycles. The molecule has 1 heterocycles. The van der Waals surface area contributed by atoms with Crippen molar-refractivity contribution in [2.24, 2.45) is 0 Å². The van der Waals surface area contributed by atoms with Gasteiger partial charge in [-0.05, 0) is 13.3 Å². The average Bonchev–Trinajstić information content (AvgIpc) is 2.19. The van der Waals surface area contributed by atoms with Gasteiger partial charge in [0.2, 0.25) is 0 Å². The summed E-state index contributed by atoms with van der Waals surface area (Å²) in [6.45, 7) is 4.19. The molecule has 0 amide bonds. The van der Waals surface area contributed by atoms with E-state index in [1.54, 1.807) is 6.92 Å². The van der Waals surface area contributed by atoms with Crippen molar-refractivity contribution in [2.45, 2.75) is 26.7 Å². The molecule has 0 unspecified atom stereocenters. The van der Waals surface area contributed by atoms with E-state index in [-0.39, 0.29) is 5.97 Å². The molecule has 0 spiro atoms. The third-order valence-electron chi connectivity index (χ3n) is 1.78. The average molecular weight is 194 g/mol. The van der Waals surface area contributed by atoms with Crippen LogP contribution in [0.5, 0.6) is 0 Å². The van der Waals surface area contributed by atoms with Gasteiger partial charge in [-0.3, -0.25) is 0 Å². The molecule has 0 fully saturated rings. The van der Waals surface area contributed by atoms with E-state index in [2.05, 4.69) is 9.97 Å². The van der Waals surface area contributed by atoms with Crippen molar-refractivity contribution in [1.29, 1.82) is 0 Å². The molecule has 0 atom stereocenters. The van der Waals surface area contributed by atoms with Crippen molar-refractivity contribution in [3.8, 4) is 0 Å². The monoisotopic (exact) mass is 194 g/mol. The smallest absolute Gasteiger partial charge is 0.341 e. The Labute approximate surface area is 83.3 Å². The number of aromatic nitrogens is 2. The molecule has 0 bridgehead atoms. The van der Waals surface area contributed by atoms with E-state index in [0.717, 1.165) is 18.5 Å². The molecule has 0 saturated carbocycles. The molecular formula is C10H14N2O2. The topological polar surface area (TPSA) is 52.1 Å². The van der Waals surface area contributed by atoms with E-state index in [0.29, 0.717) is 12.2 Å². The Kier molecular flexibility index (Phi) is 4.04. The maximum Gasteiger partial charge on any atom is 0.341 e. The molecule has 4 nitrogen and oxygen atoms in total. The Hall–Kier alpha value is -1.45. The number of carbonyl (C=O) groups excluding carboxylic acids is 1. The summed E-state index contributed by atoms with van der Waals surface area (Å²) in [5.41, 5.74) is 1.25. The highest BCUT2D eigenvalue weighted by Crippen LogP contribution is 2.07. The summed E-state index contributed by atoms with van der Waals surface area (Å²) >= 11 is 0. The fourth-order valence-electron chi connectivity index (χ4n) is 1.17. The number of rotatable bonds is 4. The second-order valence-corrected chi connectivity index (χ2v) is 2.85. The first-order chi connectivity index (χ1) is 6.79. The summed E-state index contributed by atoms with van der Waals surface area (Å²) in [5, 5.41) is 0. The Morgan fingerprint density at radius 1 is 1.50 bits per heavy atom. The van der Waals surface area contributed by atoms with Gasteiger partial charge in [0.15, 0.2) is 0 Å². The first kappa shape index (κ1) is 10.6. The van der Waals surface area contributed by atoms with Crippen LogP contribution >= 0.6 is 0 Å². The zero-order valence-corrected chi connectivity index (χ0v) is 8.49. The maximum atomic E-state index is 11.4. The Bertz CT molecular complexity index is 313. The van der Waals surface area contributed by atoms with Crippen LogP contribution in [0.2, 0.25) is 0 Å². The van der Waals surface area contributed by atoms with Crippen molar-refractivity contribution in [3.63, 3.8) is 0 Å². The SMILES string of the molecule is CCCc1ncncc1C(=O)OCC. The van der Waals surface area contributed by atoms with Gasteiger partial charge in [-0.25, -0.2) is 14.8 Å². The third kappa shape index (κ3) is 2.52. The molecule has 0 aliphatic rings. The van der Waals surface area contributed by atoms with E-state index in [4.69, 9.17) is 4.74 Å². The van der Waals surface area contributed by atoms with Gasteiger partial charge in [-0.15, -0.1) is 0 Å². The van der Waals surface area contributed by atoms with E-state index < -0.39 is 0 Å². The number of aryl methyl sites for hydroxylation is 1. The first-order valence-corrected chi connectivity index (χ1v) is 4.75. The second-order valence-electron chi connectivity index (χ2n) is 2.85. The van der Waals surface area contributed by atoms with Crippen molar-refractivity contribution < 1.29 is 9.53 Å². The molecular weight excluding hydrogens is 180 g/mol. The van der Waals surface area contributed by atoms with Gasteiger partial charge in [-0.1, -0.05) is 13.3 Å². The number of carbonyl (C=O) groups is 1. The standard InChI is InChI=1S/C10H14N2O2/c1-3-5-9-8(6-11-7-12-9)10(13)14-4-2/h6-7H,3-5H2,1-2H3. The Morgan fingerprint density at radius 3 is 2.93 bits per heavy atom. The van der Waals surface area contributed by atoms with Crippen LogP contribution in [0, 0.1) is 0 Å². The first-order valence-electron chi connectivity index (χ1n) is 4.75. The van der Waals surface area contributed by atoms with E-state index in [1.807, 2.05) is 6.92 Å². The lowest BCUT2D eigenvalue weighted by Crippen LogP contribution is -2.10. The van der Waals surface area contributed by atoms with Crippen molar-refractivity contribution in [1.82, 2.24) is 9.97 Å². The summed E-state index contributed by atoms with van der Waals surface area (Å²) in [5.74, 6) is -0.337. The number of hydrogen-bond donors (Lipinski definition) is 0. The minimum atomic E-state index is -0.337. The van der Waals surface area contributed by atoms with Gasteiger partial charge in [-0.2, -0.15) is 0 Å². The van der Waals surface area contributed by atoms with E-state index in [9.17, 15) is 4.79 Å². The van der Waals surface area contributed by atoms with Gasteiger partial charge in [0.05, 0.1) is 17.9 Å². The van der Waals surface area contributed by atoms with Gasteiger partial charge in [0, 0.05) is 6.20 Å². The number of nitrogens with zero attached hydrogens (tertiary/aromatic N) is 2. The molecule has 0 saturated heterocycles. The van der Waals surface area contributed by atoms with E-state index >= 15 is 0 Å². The summed E-state index contributed by atoms with van der Waals surface area (Å²) in [6, 6.07) is 0. The molecule has 1 rings (SSSR count). The van der Waals surface area contributed by atoms with Crippen LogP contribution in [0.15, 0.2) is 12.5 Å². The van der Waals surface area contributed by atoms with Crippen LogP contribution in [-0.4, -0.2) is 22.5 Å². The fourth-order valence-corrected chi connectivity index (χ4v) is 1.17. The second kappa shape index (κ2) is 5.32.